The van der Waals surface area contributed by atoms with Crippen LogP contribution in [0, 0.1) is 0 Å². The van der Waals surface area contributed by atoms with Gasteiger partial charge in [-0.2, -0.15) is 5.10 Å². The highest BCUT2D eigenvalue weighted by atomic mass is 79.9. The lowest BCUT2D eigenvalue weighted by Crippen LogP contribution is -2.25. The number of para-hydroxylation sites is 1. The van der Waals surface area contributed by atoms with Crippen molar-refractivity contribution in [2.75, 3.05) is 14.2 Å². The summed E-state index contributed by atoms with van der Waals surface area (Å²) < 4.78 is 12.1. The van der Waals surface area contributed by atoms with Crippen molar-refractivity contribution >= 4 is 33.6 Å². The van der Waals surface area contributed by atoms with Gasteiger partial charge < -0.3 is 9.47 Å². The zero-order valence-electron chi connectivity index (χ0n) is 17.9. The van der Waals surface area contributed by atoms with Crippen molar-refractivity contribution in [1.82, 2.24) is 5.01 Å². The minimum atomic E-state index is -0.313. The number of methoxy groups -OCH3 is 2. The molecule has 0 aliphatic carbocycles. The summed E-state index contributed by atoms with van der Waals surface area (Å²) in [7, 11) is 3.21. The number of amides is 1. The van der Waals surface area contributed by atoms with Crippen LogP contribution in [-0.4, -0.2) is 30.8 Å². The van der Waals surface area contributed by atoms with Crippen LogP contribution < -0.4 is 9.47 Å². The van der Waals surface area contributed by atoms with Gasteiger partial charge in [-0.1, -0.05) is 70.5 Å². The van der Waals surface area contributed by atoms with E-state index in [2.05, 4.69) is 15.9 Å². The van der Waals surface area contributed by atoms with Gasteiger partial charge in [-0.3, -0.25) is 4.79 Å². The van der Waals surface area contributed by atoms with E-state index in [1.54, 1.807) is 26.4 Å². The second kappa shape index (κ2) is 9.83. The molecule has 0 saturated carbocycles. The fourth-order valence-corrected chi connectivity index (χ4v) is 4.02. The standard InChI is InChI=1S/C26H23BrN2O3/c1-31-24-10-6-9-21(26(24)32-2)23-17-22(19-12-14-20(27)15-13-19)28-29(23)25(30)16-11-18-7-4-3-5-8-18/h3-16,23H,17H2,1-2H3. The first-order valence-electron chi connectivity index (χ1n) is 10.2. The number of hydrogen-bond acceptors (Lipinski definition) is 4. The van der Waals surface area contributed by atoms with Gasteiger partial charge in [0.25, 0.3) is 5.91 Å². The smallest absolute Gasteiger partial charge is 0.267 e. The molecule has 3 aromatic carbocycles. The molecule has 1 heterocycles. The predicted octanol–water partition coefficient (Wildman–Crippen LogP) is 5.86. The average molecular weight is 491 g/mol. The molecule has 162 valence electrons. The summed E-state index contributed by atoms with van der Waals surface area (Å²) >= 11 is 3.47. The van der Waals surface area contributed by atoms with Gasteiger partial charge in [0.2, 0.25) is 0 Å². The van der Waals surface area contributed by atoms with Crippen LogP contribution in [-0.2, 0) is 4.79 Å². The number of benzene rings is 3. The number of carbonyl (C=O) groups excluding carboxylic acids is 1. The Morgan fingerprint density at radius 2 is 1.75 bits per heavy atom. The van der Waals surface area contributed by atoms with Gasteiger partial charge in [0.15, 0.2) is 11.5 Å². The van der Waals surface area contributed by atoms with E-state index in [1.165, 1.54) is 5.01 Å². The highest BCUT2D eigenvalue weighted by molar-refractivity contribution is 9.10. The average Bonchev–Trinajstić information content (AvgIpc) is 3.28. The van der Waals surface area contributed by atoms with Crippen LogP contribution in [0.4, 0.5) is 0 Å². The number of hydrazone groups is 1. The molecule has 4 rings (SSSR count). The number of rotatable bonds is 6. The van der Waals surface area contributed by atoms with E-state index in [0.29, 0.717) is 17.9 Å². The van der Waals surface area contributed by atoms with Crippen LogP contribution in [0.3, 0.4) is 0 Å². The van der Waals surface area contributed by atoms with Gasteiger partial charge in [0, 0.05) is 22.5 Å². The minimum absolute atomic E-state index is 0.198. The molecular formula is C26H23BrN2O3. The Labute approximate surface area is 196 Å². The van der Waals surface area contributed by atoms with Crippen LogP contribution in [0.15, 0.2) is 88.4 Å². The third-order valence-electron chi connectivity index (χ3n) is 5.32. The Kier molecular flexibility index (Phi) is 6.71. The molecule has 32 heavy (non-hydrogen) atoms. The first-order chi connectivity index (χ1) is 15.6. The lowest BCUT2D eigenvalue weighted by atomic mass is 9.97. The largest absolute Gasteiger partial charge is 0.493 e. The van der Waals surface area contributed by atoms with Crippen LogP contribution in [0.1, 0.15) is 29.2 Å². The minimum Gasteiger partial charge on any atom is -0.493 e. The highest BCUT2D eigenvalue weighted by Crippen LogP contribution is 2.41. The molecule has 0 aromatic heterocycles. The lowest BCUT2D eigenvalue weighted by molar-refractivity contribution is -0.127. The summed E-state index contributed by atoms with van der Waals surface area (Å²) in [5.41, 5.74) is 3.62. The quantitative estimate of drug-likeness (QED) is 0.406. The predicted molar refractivity (Wildman–Crippen MR) is 130 cm³/mol. The fourth-order valence-electron chi connectivity index (χ4n) is 3.76. The molecule has 6 heteroatoms. The number of halogens is 1. The van der Waals surface area contributed by atoms with Crippen molar-refractivity contribution in [2.45, 2.75) is 12.5 Å². The SMILES string of the molecule is COc1cccc(C2CC(c3ccc(Br)cc3)=NN2C(=O)C=Cc2ccccc2)c1OC. The molecule has 0 N–H and O–H groups in total. The molecule has 0 bridgehead atoms. The van der Waals surface area contributed by atoms with Crippen LogP contribution in [0.2, 0.25) is 0 Å². The molecule has 1 unspecified atom stereocenters. The zero-order chi connectivity index (χ0) is 22.5. The molecule has 0 fully saturated rings. The number of ether oxygens (including phenoxy) is 2. The van der Waals surface area contributed by atoms with E-state index >= 15 is 0 Å². The molecule has 3 aromatic rings. The molecule has 5 nitrogen and oxygen atoms in total. The Balaban J connectivity index is 1.72. The Morgan fingerprint density at radius 1 is 1.00 bits per heavy atom. The Bertz CT molecular complexity index is 1160. The topological polar surface area (TPSA) is 51.1 Å². The van der Waals surface area contributed by atoms with E-state index in [4.69, 9.17) is 14.6 Å². The number of carbonyl (C=O) groups is 1. The van der Waals surface area contributed by atoms with Gasteiger partial charge in [-0.25, -0.2) is 5.01 Å². The summed E-state index contributed by atoms with van der Waals surface area (Å²) in [6, 6.07) is 23.0. The summed E-state index contributed by atoms with van der Waals surface area (Å²) in [5.74, 6) is 1.03. The summed E-state index contributed by atoms with van der Waals surface area (Å²) in [5, 5.41) is 6.26. The van der Waals surface area contributed by atoms with Gasteiger partial charge in [-0.05, 0) is 35.4 Å². The first-order valence-corrected chi connectivity index (χ1v) is 11.0. The number of nitrogens with zero attached hydrogens (tertiary/aromatic N) is 2. The zero-order valence-corrected chi connectivity index (χ0v) is 19.5. The highest BCUT2D eigenvalue weighted by Gasteiger charge is 2.34. The fraction of sp³-hybridized carbons (Fsp3) is 0.154. The monoisotopic (exact) mass is 490 g/mol. The maximum atomic E-state index is 13.2. The lowest BCUT2D eigenvalue weighted by Gasteiger charge is -2.23. The summed E-state index contributed by atoms with van der Waals surface area (Å²) in [6.45, 7) is 0. The van der Waals surface area contributed by atoms with Gasteiger partial charge >= 0.3 is 0 Å². The van der Waals surface area contributed by atoms with E-state index in [1.807, 2.05) is 72.8 Å². The van der Waals surface area contributed by atoms with Crippen molar-refractivity contribution in [3.63, 3.8) is 0 Å². The van der Waals surface area contributed by atoms with Crippen LogP contribution in [0.5, 0.6) is 11.5 Å². The second-order valence-electron chi connectivity index (χ2n) is 7.28. The summed E-state index contributed by atoms with van der Waals surface area (Å²) in [4.78, 5) is 13.2. The molecule has 1 amide bonds. The molecule has 0 saturated heterocycles. The Hall–Kier alpha value is -3.38. The maximum Gasteiger partial charge on any atom is 0.267 e. The Morgan fingerprint density at radius 3 is 2.44 bits per heavy atom. The first kappa shape index (κ1) is 21.8. The second-order valence-corrected chi connectivity index (χ2v) is 8.20. The maximum absolute atomic E-state index is 13.2. The van der Waals surface area contributed by atoms with Crippen molar-refractivity contribution in [3.05, 3.63) is 100 Å². The third-order valence-corrected chi connectivity index (χ3v) is 5.85. The van der Waals surface area contributed by atoms with E-state index in [-0.39, 0.29) is 11.9 Å². The third kappa shape index (κ3) is 4.60. The normalized spacial score (nSPS) is 15.7. The van der Waals surface area contributed by atoms with Crippen molar-refractivity contribution in [1.29, 1.82) is 0 Å². The molecular weight excluding hydrogens is 468 g/mol. The van der Waals surface area contributed by atoms with Gasteiger partial charge in [0.1, 0.15) is 0 Å². The molecule has 0 radical (unpaired) electrons. The van der Waals surface area contributed by atoms with Crippen LogP contribution in [0.25, 0.3) is 6.08 Å². The summed E-state index contributed by atoms with van der Waals surface area (Å²) in [6.07, 6.45) is 3.93. The van der Waals surface area contributed by atoms with Crippen molar-refractivity contribution in [3.8, 4) is 11.5 Å². The van der Waals surface area contributed by atoms with Crippen LogP contribution >= 0.6 is 15.9 Å². The van der Waals surface area contributed by atoms with Crippen molar-refractivity contribution in [2.24, 2.45) is 5.10 Å². The van der Waals surface area contributed by atoms with E-state index in [9.17, 15) is 4.79 Å². The number of hydrogen-bond donors (Lipinski definition) is 0. The molecule has 1 aliphatic heterocycles. The van der Waals surface area contributed by atoms with E-state index in [0.717, 1.165) is 26.9 Å². The molecule has 0 spiro atoms. The van der Waals surface area contributed by atoms with Gasteiger partial charge in [0.05, 0.1) is 26.0 Å². The molecule has 1 aliphatic rings. The van der Waals surface area contributed by atoms with E-state index < -0.39 is 0 Å². The van der Waals surface area contributed by atoms with Gasteiger partial charge in [-0.15, -0.1) is 0 Å². The van der Waals surface area contributed by atoms with Crippen molar-refractivity contribution < 1.29 is 14.3 Å². The molecule has 1 atom stereocenters.